The summed E-state index contributed by atoms with van der Waals surface area (Å²) in [7, 11) is -2.44. The van der Waals surface area contributed by atoms with E-state index in [1.807, 2.05) is 44.2 Å². The molecule has 206 valence electrons. The molecule has 0 radical (unpaired) electrons. The molecule has 2 amide bonds. The van der Waals surface area contributed by atoms with E-state index in [1.54, 1.807) is 11.3 Å². The molecule has 11 heteroatoms. The summed E-state index contributed by atoms with van der Waals surface area (Å²) in [5.74, 6) is -0.877. The van der Waals surface area contributed by atoms with Gasteiger partial charge in [-0.2, -0.15) is 0 Å². The van der Waals surface area contributed by atoms with Gasteiger partial charge in [0.25, 0.3) is 0 Å². The van der Waals surface area contributed by atoms with Gasteiger partial charge in [-0.3, -0.25) is 9.59 Å². The van der Waals surface area contributed by atoms with Crippen LogP contribution in [0.2, 0.25) is 5.02 Å². The molecular weight excluding hydrogens is 549 g/mol. The third-order valence-corrected chi connectivity index (χ3v) is 9.41. The van der Waals surface area contributed by atoms with Crippen LogP contribution in [0.5, 0.6) is 0 Å². The molecule has 0 aliphatic carbocycles. The van der Waals surface area contributed by atoms with Crippen LogP contribution in [-0.2, 0) is 26.0 Å². The number of amides is 2. The normalized spacial score (nSPS) is 12.7. The van der Waals surface area contributed by atoms with Crippen LogP contribution in [-0.4, -0.2) is 50.7 Å². The van der Waals surface area contributed by atoms with Crippen molar-refractivity contribution in [3.8, 4) is 0 Å². The molecule has 2 N–H and O–H groups in total. The zero-order valence-electron chi connectivity index (χ0n) is 21.7. The summed E-state index contributed by atoms with van der Waals surface area (Å²) in [6.45, 7) is 4.52. The number of hydrogen-bond acceptors (Lipinski definition) is 5. The fourth-order valence-corrected chi connectivity index (χ4v) is 6.77. The van der Waals surface area contributed by atoms with Gasteiger partial charge in [-0.05, 0) is 60.9 Å². The zero-order valence-corrected chi connectivity index (χ0v) is 24.1. The largest absolute Gasteiger partial charge is 0.354 e. The molecule has 38 heavy (non-hydrogen) atoms. The number of unbranched alkanes of at least 4 members (excludes halogenated alkanes) is 1. The molecule has 1 atom stereocenters. The van der Waals surface area contributed by atoms with E-state index < -0.39 is 21.9 Å². The average molecular weight is 582 g/mol. The first-order chi connectivity index (χ1) is 18.0. The Bertz CT molecular complexity index is 1340. The second kappa shape index (κ2) is 13.5. The molecule has 0 spiro atoms. The lowest BCUT2D eigenvalue weighted by Gasteiger charge is -2.20. The molecular formula is C27H33ClFN3O4S2. The molecule has 1 heterocycles. The summed E-state index contributed by atoms with van der Waals surface area (Å²) < 4.78 is 41.0. The standard InChI is InChI=1S/C27H33ClFN3O4S2/c1-18(2)14-23(31-26(33)17-21-15-19-8-4-5-9-24(19)37-21)27(34)30-12-6-7-13-32(3)38(35,36)25-11-10-20(29)16-22(25)28/h4-5,8-11,15-16,18,23H,6-7,12-14,17H2,1-3H3,(H,30,34)(H,31,33)/t23-/m0/s1. The zero-order chi connectivity index (χ0) is 27.9. The number of carbonyl (C=O) groups is 2. The summed E-state index contributed by atoms with van der Waals surface area (Å²) in [4.78, 5) is 26.3. The molecule has 1 aromatic heterocycles. The van der Waals surface area contributed by atoms with Gasteiger partial charge in [0.05, 0.1) is 11.4 Å². The third-order valence-electron chi connectivity index (χ3n) is 5.95. The van der Waals surface area contributed by atoms with Gasteiger partial charge in [-0.25, -0.2) is 17.1 Å². The summed E-state index contributed by atoms with van der Waals surface area (Å²) in [5.41, 5.74) is 0. The highest BCUT2D eigenvalue weighted by molar-refractivity contribution is 7.89. The Balaban J connectivity index is 1.47. The summed E-state index contributed by atoms with van der Waals surface area (Å²) in [6.07, 6.45) is 1.73. The number of benzene rings is 2. The molecule has 7 nitrogen and oxygen atoms in total. The Morgan fingerprint density at radius 2 is 1.84 bits per heavy atom. The van der Waals surface area contributed by atoms with Crippen LogP contribution in [0.15, 0.2) is 53.4 Å². The topological polar surface area (TPSA) is 95.6 Å². The number of carbonyl (C=O) groups excluding carboxylic acids is 2. The number of sulfonamides is 1. The quantitative estimate of drug-likeness (QED) is 0.278. The minimum atomic E-state index is -3.86. The van der Waals surface area contributed by atoms with Crippen molar-refractivity contribution in [2.45, 2.75) is 50.5 Å². The van der Waals surface area contributed by atoms with Gasteiger partial charge >= 0.3 is 0 Å². The Kier molecular flexibility index (Phi) is 10.7. The number of halogens is 2. The number of nitrogens with one attached hydrogen (secondary N) is 2. The van der Waals surface area contributed by atoms with Crippen LogP contribution < -0.4 is 10.6 Å². The summed E-state index contributed by atoms with van der Waals surface area (Å²) in [6, 6.07) is 12.5. The second-order valence-electron chi connectivity index (χ2n) is 9.58. The first kappa shape index (κ1) is 30.0. The van der Waals surface area contributed by atoms with Gasteiger partial charge in [-0.15, -0.1) is 11.3 Å². The van der Waals surface area contributed by atoms with Crippen LogP contribution in [0.25, 0.3) is 10.1 Å². The molecule has 2 aromatic carbocycles. The van der Waals surface area contributed by atoms with Crippen LogP contribution in [0.4, 0.5) is 4.39 Å². The van der Waals surface area contributed by atoms with Gasteiger partial charge in [0.2, 0.25) is 21.8 Å². The Hall–Kier alpha value is -2.53. The van der Waals surface area contributed by atoms with E-state index in [0.29, 0.717) is 25.8 Å². The lowest BCUT2D eigenvalue weighted by Crippen LogP contribution is -2.48. The second-order valence-corrected chi connectivity index (χ2v) is 13.2. The van der Waals surface area contributed by atoms with E-state index in [2.05, 4.69) is 10.6 Å². The Morgan fingerprint density at radius 3 is 2.53 bits per heavy atom. The predicted octanol–water partition coefficient (Wildman–Crippen LogP) is 4.98. The molecule has 3 aromatic rings. The van der Waals surface area contributed by atoms with Gasteiger partial charge in [0.15, 0.2) is 0 Å². The maximum Gasteiger partial charge on any atom is 0.244 e. The monoisotopic (exact) mass is 581 g/mol. The number of thiophene rings is 1. The maximum atomic E-state index is 13.3. The summed E-state index contributed by atoms with van der Waals surface area (Å²) >= 11 is 7.49. The lowest BCUT2D eigenvalue weighted by molar-refractivity contribution is -0.129. The first-order valence-corrected chi connectivity index (χ1v) is 15.1. The molecule has 0 saturated heterocycles. The fourth-order valence-electron chi connectivity index (χ4n) is 4.00. The minimum Gasteiger partial charge on any atom is -0.354 e. The molecule has 0 aliphatic heterocycles. The Labute approximate surface area is 232 Å². The van der Waals surface area contributed by atoms with Crippen molar-refractivity contribution in [2.75, 3.05) is 20.1 Å². The molecule has 0 bridgehead atoms. The molecule has 0 unspecified atom stereocenters. The maximum absolute atomic E-state index is 13.3. The van der Waals surface area contributed by atoms with E-state index in [0.717, 1.165) is 37.5 Å². The van der Waals surface area contributed by atoms with Crippen LogP contribution in [0, 0.1) is 11.7 Å². The smallest absolute Gasteiger partial charge is 0.244 e. The minimum absolute atomic E-state index is 0.153. The highest BCUT2D eigenvalue weighted by Gasteiger charge is 2.24. The average Bonchev–Trinajstić information content (AvgIpc) is 3.24. The van der Waals surface area contributed by atoms with Crippen LogP contribution >= 0.6 is 22.9 Å². The third kappa shape index (κ3) is 8.23. The number of rotatable bonds is 13. The number of fused-ring (bicyclic) bond motifs is 1. The number of nitrogens with zero attached hydrogens (tertiary/aromatic N) is 1. The van der Waals surface area contributed by atoms with Gasteiger partial charge < -0.3 is 10.6 Å². The molecule has 0 saturated carbocycles. The molecule has 0 fully saturated rings. The van der Waals surface area contributed by atoms with Crippen molar-refractivity contribution < 1.29 is 22.4 Å². The lowest BCUT2D eigenvalue weighted by atomic mass is 10.0. The fraction of sp³-hybridized carbons (Fsp3) is 0.407. The van der Waals surface area contributed by atoms with E-state index in [9.17, 15) is 22.4 Å². The van der Waals surface area contributed by atoms with Crippen molar-refractivity contribution in [3.63, 3.8) is 0 Å². The van der Waals surface area contributed by atoms with Crippen molar-refractivity contribution in [1.82, 2.24) is 14.9 Å². The van der Waals surface area contributed by atoms with Crippen molar-refractivity contribution in [3.05, 3.63) is 64.2 Å². The van der Waals surface area contributed by atoms with Gasteiger partial charge in [0, 0.05) is 29.7 Å². The van der Waals surface area contributed by atoms with Crippen LogP contribution in [0.3, 0.4) is 0 Å². The highest BCUT2D eigenvalue weighted by Crippen LogP contribution is 2.26. The summed E-state index contributed by atoms with van der Waals surface area (Å²) in [5, 5.41) is 6.65. The van der Waals surface area contributed by atoms with E-state index in [1.165, 1.54) is 7.05 Å². The van der Waals surface area contributed by atoms with E-state index >= 15 is 0 Å². The van der Waals surface area contributed by atoms with Crippen LogP contribution in [0.1, 0.15) is 38.0 Å². The molecule has 0 aliphatic rings. The van der Waals surface area contributed by atoms with Crippen molar-refractivity contribution in [1.29, 1.82) is 0 Å². The Morgan fingerprint density at radius 1 is 1.11 bits per heavy atom. The van der Waals surface area contributed by atoms with Crippen molar-refractivity contribution in [2.24, 2.45) is 5.92 Å². The molecule has 3 rings (SSSR count). The van der Waals surface area contributed by atoms with Crippen molar-refractivity contribution >= 4 is 54.9 Å². The number of hydrogen-bond donors (Lipinski definition) is 2. The van der Waals surface area contributed by atoms with Gasteiger partial charge in [0.1, 0.15) is 16.8 Å². The van der Waals surface area contributed by atoms with E-state index in [4.69, 9.17) is 11.6 Å². The SMILES string of the molecule is CC(C)C[C@H](NC(=O)Cc1cc2ccccc2s1)C(=O)NCCCCN(C)S(=O)(=O)c1ccc(F)cc1Cl. The van der Waals surface area contributed by atoms with Gasteiger partial charge in [-0.1, -0.05) is 43.6 Å². The van der Waals surface area contributed by atoms with E-state index in [-0.39, 0.29) is 40.6 Å². The first-order valence-electron chi connectivity index (χ1n) is 12.4. The highest BCUT2D eigenvalue weighted by atomic mass is 35.5. The predicted molar refractivity (Wildman–Crippen MR) is 150 cm³/mol.